The normalized spacial score (nSPS) is 16.7. The van der Waals surface area contributed by atoms with Gasteiger partial charge in [-0.3, -0.25) is 0 Å². The van der Waals surface area contributed by atoms with Crippen LogP contribution in [0.25, 0.3) is 0 Å². The van der Waals surface area contributed by atoms with Gasteiger partial charge in [0.25, 0.3) is 0 Å². The molecule has 0 atom stereocenters. The maximum absolute atomic E-state index is 13.9. The highest BCUT2D eigenvalue weighted by atomic mass is 32.2. The Kier molecular flexibility index (Phi) is 5.05. The van der Waals surface area contributed by atoms with Gasteiger partial charge in [-0.05, 0) is 43.7 Å². The van der Waals surface area contributed by atoms with E-state index in [1.54, 1.807) is 13.8 Å². The number of halogens is 1. The first-order valence-corrected chi connectivity index (χ1v) is 9.96. The average Bonchev–Trinajstić information content (AvgIpc) is 2.61. The van der Waals surface area contributed by atoms with Crippen LogP contribution in [0.2, 0.25) is 0 Å². The Morgan fingerprint density at radius 1 is 0.962 bits per heavy atom. The molecule has 1 N–H and O–H groups in total. The number of aliphatic hydroxyl groups is 1. The zero-order valence-electron chi connectivity index (χ0n) is 14.9. The second-order valence-electron chi connectivity index (χ2n) is 6.93. The van der Waals surface area contributed by atoms with Gasteiger partial charge in [-0.25, -0.2) is 12.8 Å². The van der Waals surface area contributed by atoms with Crippen LogP contribution in [-0.4, -0.2) is 44.0 Å². The van der Waals surface area contributed by atoms with Gasteiger partial charge >= 0.3 is 0 Å². The van der Waals surface area contributed by atoms with Crippen molar-refractivity contribution in [1.29, 1.82) is 0 Å². The number of nitrogens with zero attached hydrogens (tertiary/aromatic N) is 2. The first kappa shape index (κ1) is 18.8. The Morgan fingerprint density at radius 3 is 2.08 bits per heavy atom. The molecular formula is C19H23FN2O3S. The molecule has 0 unspecified atom stereocenters. The van der Waals surface area contributed by atoms with Crippen LogP contribution >= 0.6 is 0 Å². The fourth-order valence-electron chi connectivity index (χ4n) is 3.06. The van der Waals surface area contributed by atoms with Crippen LogP contribution in [0.1, 0.15) is 19.4 Å². The minimum atomic E-state index is -3.83. The molecule has 0 amide bonds. The lowest BCUT2D eigenvalue weighted by Gasteiger charge is -2.35. The van der Waals surface area contributed by atoms with Gasteiger partial charge in [0, 0.05) is 31.9 Å². The number of sulfonamides is 1. The van der Waals surface area contributed by atoms with Crippen molar-refractivity contribution in [3.63, 3.8) is 0 Å². The summed E-state index contributed by atoms with van der Waals surface area (Å²) in [5.74, 6) is -0.725. The van der Waals surface area contributed by atoms with E-state index in [1.807, 2.05) is 24.3 Å². The summed E-state index contributed by atoms with van der Waals surface area (Å²) in [6.45, 7) is 5.10. The average molecular weight is 378 g/mol. The molecule has 3 rings (SSSR count). The van der Waals surface area contributed by atoms with Crippen molar-refractivity contribution in [2.75, 3.05) is 31.1 Å². The Bertz CT molecular complexity index is 868. The summed E-state index contributed by atoms with van der Waals surface area (Å²) >= 11 is 0. The smallest absolute Gasteiger partial charge is 0.246 e. The van der Waals surface area contributed by atoms with Gasteiger partial charge in [0.1, 0.15) is 10.7 Å². The predicted molar refractivity (Wildman–Crippen MR) is 99.1 cm³/mol. The van der Waals surface area contributed by atoms with Gasteiger partial charge in [-0.2, -0.15) is 4.31 Å². The number of hydrogen-bond donors (Lipinski definition) is 1. The fraction of sp³-hybridized carbons (Fsp3) is 0.368. The van der Waals surface area contributed by atoms with E-state index >= 15 is 0 Å². The number of anilines is 1. The van der Waals surface area contributed by atoms with E-state index in [2.05, 4.69) is 4.90 Å². The van der Waals surface area contributed by atoms with E-state index in [9.17, 15) is 17.9 Å². The van der Waals surface area contributed by atoms with Crippen LogP contribution in [0.5, 0.6) is 0 Å². The van der Waals surface area contributed by atoms with Crippen LogP contribution < -0.4 is 4.90 Å². The summed E-state index contributed by atoms with van der Waals surface area (Å²) < 4.78 is 40.5. The zero-order chi connectivity index (χ0) is 18.9. The summed E-state index contributed by atoms with van der Waals surface area (Å²) in [7, 11) is -3.83. The van der Waals surface area contributed by atoms with Crippen LogP contribution in [0.15, 0.2) is 53.4 Å². The Labute approximate surface area is 153 Å². The lowest BCUT2D eigenvalue weighted by molar-refractivity contribution is 0.0786. The second kappa shape index (κ2) is 6.98. The van der Waals surface area contributed by atoms with E-state index < -0.39 is 21.4 Å². The highest BCUT2D eigenvalue weighted by Gasteiger charge is 2.30. The molecule has 1 fully saturated rings. The summed E-state index contributed by atoms with van der Waals surface area (Å²) in [5, 5.41) is 10.0. The molecule has 26 heavy (non-hydrogen) atoms. The van der Waals surface area contributed by atoms with E-state index in [4.69, 9.17) is 0 Å². The quantitative estimate of drug-likeness (QED) is 0.888. The predicted octanol–water partition coefficient (Wildman–Crippen LogP) is 2.56. The summed E-state index contributed by atoms with van der Waals surface area (Å²) in [6, 6.07) is 13.1. The van der Waals surface area contributed by atoms with E-state index in [0.717, 1.165) is 17.3 Å². The van der Waals surface area contributed by atoms with Crippen LogP contribution in [0.4, 0.5) is 10.1 Å². The van der Waals surface area contributed by atoms with Gasteiger partial charge in [-0.1, -0.05) is 24.3 Å². The maximum Gasteiger partial charge on any atom is 0.246 e. The molecule has 0 radical (unpaired) electrons. The molecule has 2 aromatic rings. The molecule has 0 aromatic heterocycles. The SMILES string of the molecule is CC(C)(O)c1ccc(N2CCN(S(=O)(=O)c3ccccc3F)CC2)cc1. The van der Waals surface area contributed by atoms with E-state index in [0.29, 0.717) is 26.2 Å². The molecule has 0 bridgehead atoms. The summed E-state index contributed by atoms with van der Waals surface area (Å²) in [6.07, 6.45) is 0. The van der Waals surface area contributed by atoms with Crippen molar-refractivity contribution >= 4 is 15.7 Å². The lowest BCUT2D eigenvalue weighted by Crippen LogP contribution is -2.48. The molecule has 1 saturated heterocycles. The van der Waals surface area contributed by atoms with E-state index in [1.165, 1.54) is 22.5 Å². The van der Waals surface area contributed by atoms with Crippen molar-refractivity contribution < 1.29 is 17.9 Å². The topological polar surface area (TPSA) is 60.9 Å². The molecule has 2 aromatic carbocycles. The third-order valence-corrected chi connectivity index (χ3v) is 6.56. The molecule has 0 aliphatic carbocycles. The molecular weight excluding hydrogens is 355 g/mol. The summed E-state index contributed by atoms with van der Waals surface area (Å²) in [5.41, 5.74) is 0.897. The zero-order valence-corrected chi connectivity index (χ0v) is 15.7. The largest absolute Gasteiger partial charge is 0.386 e. The first-order chi connectivity index (χ1) is 12.2. The van der Waals surface area contributed by atoms with Gasteiger partial charge in [0.2, 0.25) is 10.0 Å². The third-order valence-electron chi connectivity index (χ3n) is 4.63. The van der Waals surface area contributed by atoms with Crippen LogP contribution in [0.3, 0.4) is 0 Å². The first-order valence-electron chi connectivity index (χ1n) is 8.52. The Balaban J connectivity index is 1.70. The Morgan fingerprint density at radius 2 is 1.54 bits per heavy atom. The highest BCUT2D eigenvalue weighted by Crippen LogP contribution is 2.25. The minimum absolute atomic E-state index is 0.275. The molecule has 140 valence electrons. The monoisotopic (exact) mass is 378 g/mol. The standard InChI is InChI=1S/C19H23FN2O3S/c1-19(2,23)15-7-9-16(10-8-15)21-11-13-22(14-12-21)26(24,25)18-6-4-3-5-17(18)20/h3-10,23H,11-14H2,1-2H3. The number of benzene rings is 2. The van der Waals surface area contributed by atoms with Crippen molar-refractivity contribution in [3.05, 3.63) is 59.9 Å². The Hall–Kier alpha value is -1.96. The fourth-order valence-corrected chi connectivity index (χ4v) is 4.55. The van der Waals surface area contributed by atoms with Crippen LogP contribution in [0, 0.1) is 5.82 Å². The second-order valence-corrected chi connectivity index (χ2v) is 8.83. The molecule has 7 heteroatoms. The molecule has 1 aliphatic heterocycles. The highest BCUT2D eigenvalue weighted by molar-refractivity contribution is 7.89. The molecule has 1 heterocycles. The third kappa shape index (κ3) is 3.75. The van der Waals surface area contributed by atoms with Gasteiger partial charge in [0.15, 0.2) is 0 Å². The van der Waals surface area contributed by atoms with Crippen molar-refractivity contribution in [2.24, 2.45) is 0 Å². The van der Waals surface area contributed by atoms with Crippen LogP contribution in [-0.2, 0) is 15.6 Å². The molecule has 1 aliphatic rings. The minimum Gasteiger partial charge on any atom is -0.386 e. The number of rotatable bonds is 4. The van der Waals surface area contributed by atoms with Crippen molar-refractivity contribution in [1.82, 2.24) is 4.31 Å². The van der Waals surface area contributed by atoms with Crippen molar-refractivity contribution in [2.45, 2.75) is 24.3 Å². The maximum atomic E-state index is 13.9. The molecule has 0 saturated carbocycles. The number of piperazine rings is 1. The van der Waals surface area contributed by atoms with Gasteiger partial charge in [0.05, 0.1) is 5.60 Å². The molecule has 5 nitrogen and oxygen atoms in total. The van der Waals surface area contributed by atoms with Crippen molar-refractivity contribution in [3.8, 4) is 0 Å². The lowest BCUT2D eigenvalue weighted by atomic mass is 9.98. The van der Waals surface area contributed by atoms with Gasteiger partial charge < -0.3 is 10.0 Å². The van der Waals surface area contributed by atoms with E-state index in [-0.39, 0.29) is 4.90 Å². The molecule has 0 spiro atoms. The van der Waals surface area contributed by atoms with Gasteiger partial charge in [-0.15, -0.1) is 0 Å². The number of hydrogen-bond acceptors (Lipinski definition) is 4. The summed E-state index contributed by atoms with van der Waals surface area (Å²) in [4.78, 5) is 1.81.